The molecular weight excluding hydrogens is 314 g/mol. The van der Waals surface area contributed by atoms with E-state index in [1.54, 1.807) is 0 Å². The van der Waals surface area contributed by atoms with Gasteiger partial charge in [0.15, 0.2) is 17.3 Å². The van der Waals surface area contributed by atoms with Crippen LogP contribution in [0.3, 0.4) is 0 Å². The summed E-state index contributed by atoms with van der Waals surface area (Å²) < 4.78 is 11.1. The van der Waals surface area contributed by atoms with E-state index in [-0.39, 0.29) is 18.2 Å². The van der Waals surface area contributed by atoms with Crippen molar-refractivity contribution >= 4 is 5.78 Å². The van der Waals surface area contributed by atoms with Crippen molar-refractivity contribution in [3.63, 3.8) is 0 Å². The minimum absolute atomic E-state index is 0. The highest BCUT2D eigenvalue weighted by atomic mass is 35.5. The molecule has 0 aromatic heterocycles. The van der Waals surface area contributed by atoms with Crippen LogP contribution in [0.5, 0.6) is 11.5 Å². The van der Waals surface area contributed by atoms with E-state index in [1.165, 1.54) is 19.3 Å². The molecule has 0 radical (unpaired) electrons. The Morgan fingerprint density at radius 2 is 1.70 bits per heavy atom. The van der Waals surface area contributed by atoms with Gasteiger partial charge < -0.3 is 26.8 Å². The van der Waals surface area contributed by atoms with Crippen LogP contribution in [-0.4, -0.2) is 43.5 Å². The quantitative estimate of drug-likeness (QED) is 0.648. The second-order valence-corrected chi connectivity index (χ2v) is 5.60. The molecule has 1 aliphatic rings. The van der Waals surface area contributed by atoms with Gasteiger partial charge in [-0.1, -0.05) is 6.42 Å². The molecule has 0 bridgehead atoms. The van der Waals surface area contributed by atoms with Crippen molar-refractivity contribution in [3.8, 4) is 11.5 Å². The lowest BCUT2D eigenvalue weighted by atomic mass is 10.1. The number of nitrogens with zero attached hydrogens (tertiary/aromatic N) is 1. The highest BCUT2D eigenvalue weighted by molar-refractivity contribution is 5.96. The second kappa shape index (κ2) is 10.5. The Kier molecular flexibility index (Phi) is 9.03. The molecule has 0 spiro atoms. The minimum atomic E-state index is 0. The third kappa shape index (κ3) is 6.04. The van der Waals surface area contributed by atoms with E-state index < -0.39 is 0 Å². The van der Waals surface area contributed by atoms with Gasteiger partial charge in [0, 0.05) is 18.5 Å². The van der Waals surface area contributed by atoms with E-state index in [4.69, 9.17) is 9.47 Å². The first-order valence-electron chi connectivity index (χ1n) is 8.39. The Bertz CT molecular complexity index is 487. The fourth-order valence-corrected chi connectivity index (χ4v) is 2.81. The van der Waals surface area contributed by atoms with Crippen molar-refractivity contribution in [1.82, 2.24) is 4.90 Å². The fraction of sp³-hybridized carbons (Fsp3) is 0.611. The summed E-state index contributed by atoms with van der Waals surface area (Å²) in [6, 6.07) is 5.49. The predicted molar refractivity (Wildman–Crippen MR) is 88.0 cm³/mol. The van der Waals surface area contributed by atoms with Crippen LogP contribution in [0.15, 0.2) is 18.2 Å². The molecule has 1 saturated heterocycles. The Labute approximate surface area is 145 Å². The first-order valence-corrected chi connectivity index (χ1v) is 8.39. The van der Waals surface area contributed by atoms with E-state index >= 15 is 0 Å². The van der Waals surface area contributed by atoms with Crippen LogP contribution in [0.25, 0.3) is 0 Å². The number of halogens is 1. The molecule has 2 rings (SSSR count). The molecule has 0 saturated carbocycles. The molecule has 130 valence electrons. The van der Waals surface area contributed by atoms with Crippen LogP contribution in [0.1, 0.15) is 49.9 Å². The smallest absolute Gasteiger partial charge is 0.164 e. The van der Waals surface area contributed by atoms with Crippen LogP contribution < -0.4 is 21.9 Å². The maximum Gasteiger partial charge on any atom is 0.164 e. The first-order chi connectivity index (χ1) is 10.7. The summed E-state index contributed by atoms with van der Waals surface area (Å²) in [4.78, 5) is 14.8. The van der Waals surface area contributed by atoms with Crippen molar-refractivity contribution in [1.29, 1.82) is 0 Å². The molecule has 5 heteroatoms. The molecule has 23 heavy (non-hydrogen) atoms. The van der Waals surface area contributed by atoms with Gasteiger partial charge in [0.25, 0.3) is 0 Å². The molecule has 0 unspecified atom stereocenters. The predicted octanol–water partition coefficient (Wildman–Crippen LogP) is 0.547. The lowest BCUT2D eigenvalue weighted by Crippen LogP contribution is -3.00. The van der Waals surface area contributed by atoms with Crippen LogP contribution in [0, 0.1) is 0 Å². The van der Waals surface area contributed by atoms with Gasteiger partial charge in [-0.25, -0.2) is 0 Å². The number of benzene rings is 1. The Morgan fingerprint density at radius 3 is 2.35 bits per heavy atom. The Balaban J connectivity index is 0.00000264. The summed E-state index contributed by atoms with van der Waals surface area (Å²) in [6.45, 7) is 8.12. The average Bonchev–Trinajstić information content (AvgIpc) is 2.55. The summed E-state index contributed by atoms with van der Waals surface area (Å²) in [5.74, 6) is 1.54. The molecule has 0 amide bonds. The number of likely N-dealkylation sites (tertiary alicyclic amines) is 1. The SMILES string of the molecule is CCOc1ccc(C(=O)CCN2CCCCC2)cc1OCC.[Cl-]. The molecule has 0 aliphatic carbocycles. The molecule has 1 heterocycles. The number of ether oxygens (including phenoxy) is 2. The molecule has 1 aromatic carbocycles. The highest BCUT2D eigenvalue weighted by Crippen LogP contribution is 2.29. The topological polar surface area (TPSA) is 38.8 Å². The summed E-state index contributed by atoms with van der Waals surface area (Å²) in [5.41, 5.74) is 0.712. The standard InChI is InChI=1S/C18H27NO3.ClH/c1-3-21-17-9-8-15(14-18(17)22-4-2)16(20)10-13-19-11-6-5-7-12-19;/h8-9,14H,3-7,10-13H2,1-2H3;1H/p-1. The molecule has 0 N–H and O–H groups in total. The minimum Gasteiger partial charge on any atom is -1.00 e. The van der Waals surface area contributed by atoms with Gasteiger partial charge in [-0.3, -0.25) is 4.79 Å². The Morgan fingerprint density at radius 1 is 1.04 bits per heavy atom. The molecular formula is C18H27ClNO3-. The number of piperidine rings is 1. The number of carbonyl (C=O) groups is 1. The number of rotatable bonds is 8. The summed E-state index contributed by atoms with van der Waals surface area (Å²) in [7, 11) is 0. The molecule has 1 aromatic rings. The number of carbonyl (C=O) groups excluding carboxylic acids is 1. The zero-order valence-electron chi connectivity index (χ0n) is 14.1. The van der Waals surface area contributed by atoms with Crippen LogP contribution in [0.4, 0.5) is 0 Å². The fourth-order valence-electron chi connectivity index (χ4n) is 2.81. The van der Waals surface area contributed by atoms with E-state index in [1.807, 2.05) is 32.0 Å². The summed E-state index contributed by atoms with van der Waals surface area (Å²) >= 11 is 0. The van der Waals surface area contributed by atoms with E-state index in [2.05, 4.69) is 4.90 Å². The molecule has 1 aliphatic heterocycles. The van der Waals surface area contributed by atoms with Crippen molar-refractivity contribution in [2.75, 3.05) is 32.8 Å². The zero-order chi connectivity index (χ0) is 15.8. The maximum atomic E-state index is 12.4. The van der Waals surface area contributed by atoms with Crippen molar-refractivity contribution < 1.29 is 26.7 Å². The lowest BCUT2D eigenvalue weighted by molar-refractivity contribution is -0.0000136. The molecule has 1 fully saturated rings. The third-order valence-electron chi connectivity index (χ3n) is 3.97. The van der Waals surface area contributed by atoms with E-state index in [9.17, 15) is 4.79 Å². The van der Waals surface area contributed by atoms with Crippen LogP contribution in [-0.2, 0) is 0 Å². The lowest BCUT2D eigenvalue weighted by Gasteiger charge is -2.25. The van der Waals surface area contributed by atoms with E-state index in [0.29, 0.717) is 36.7 Å². The van der Waals surface area contributed by atoms with E-state index in [0.717, 1.165) is 19.6 Å². The van der Waals surface area contributed by atoms with Gasteiger partial charge in [-0.05, 0) is 58.0 Å². The number of ketones is 1. The molecule has 0 atom stereocenters. The van der Waals surface area contributed by atoms with Crippen LogP contribution in [0.2, 0.25) is 0 Å². The summed E-state index contributed by atoms with van der Waals surface area (Å²) in [6.07, 6.45) is 4.40. The van der Waals surface area contributed by atoms with Gasteiger partial charge in [-0.2, -0.15) is 0 Å². The summed E-state index contributed by atoms with van der Waals surface area (Å²) in [5, 5.41) is 0. The third-order valence-corrected chi connectivity index (χ3v) is 3.97. The van der Waals surface area contributed by atoms with Gasteiger partial charge in [0.2, 0.25) is 0 Å². The van der Waals surface area contributed by atoms with Gasteiger partial charge in [0.1, 0.15) is 0 Å². The number of hydrogen-bond acceptors (Lipinski definition) is 4. The van der Waals surface area contributed by atoms with Gasteiger partial charge >= 0.3 is 0 Å². The van der Waals surface area contributed by atoms with Crippen LogP contribution >= 0.6 is 0 Å². The first kappa shape index (κ1) is 19.8. The maximum absolute atomic E-state index is 12.4. The zero-order valence-corrected chi connectivity index (χ0v) is 14.9. The molecule has 4 nitrogen and oxygen atoms in total. The van der Waals surface area contributed by atoms with Gasteiger partial charge in [0.05, 0.1) is 13.2 Å². The Hall–Kier alpha value is -1.26. The normalized spacial score (nSPS) is 14.9. The van der Waals surface area contributed by atoms with Gasteiger partial charge in [-0.15, -0.1) is 0 Å². The second-order valence-electron chi connectivity index (χ2n) is 5.60. The average molecular weight is 341 g/mol. The monoisotopic (exact) mass is 340 g/mol. The highest BCUT2D eigenvalue weighted by Gasteiger charge is 2.15. The number of Topliss-reactive ketones (excluding diaryl/α,β-unsaturated/α-hetero) is 1. The number of hydrogen-bond donors (Lipinski definition) is 0. The van der Waals surface area contributed by atoms with Crippen molar-refractivity contribution in [2.45, 2.75) is 39.5 Å². The van der Waals surface area contributed by atoms with Crippen molar-refractivity contribution in [3.05, 3.63) is 23.8 Å². The van der Waals surface area contributed by atoms with Crippen molar-refractivity contribution in [2.24, 2.45) is 0 Å². The largest absolute Gasteiger partial charge is 1.00 e.